The zero-order chi connectivity index (χ0) is 19.4. The molecule has 1 atom stereocenters. The van der Waals surface area contributed by atoms with Gasteiger partial charge in [0.05, 0.1) is 10.8 Å². The first kappa shape index (κ1) is 19.1. The Hall–Kier alpha value is -2.65. The summed E-state index contributed by atoms with van der Waals surface area (Å²) in [5.41, 5.74) is 6.61. The first-order chi connectivity index (χ1) is 13.0. The Kier molecular flexibility index (Phi) is 5.92. The normalized spacial score (nSPS) is 11.9. The summed E-state index contributed by atoms with van der Waals surface area (Å²) in [6.07, 6.45) is 0. The molecule has 0 saturated heterocycles. The third-order valence-electron chi connectivity index (χ3n) is 3.88. The molecule has 0 bridgehead atoms. The van der Waals surface area contributed by atoms with Crippen LogP contribution in [0.5, 0.6) is 0 Å². The lowest BCUT2D eigenvalue weighted by Crippen LogP contribution is -2.24. The van der Waals surface area contributed by atoms with Crippen molar-refractivity contribution >= 4 is 39.9 Å². The van der Waals surface area contributed by atoms with Gasteiger partial charge in [-0.2, -0.15) is 0 Å². The lowest BCUT2D eigenvalue weighted by atomic mass is 10.2. The Bertz CT molecular complexity index is 952. The van der Waals surface area contributed by atoms with E-state index in [-0.39, 0.29) is 5.91 Å². The number of rotatable bonds is 7. The van der Waals surface area contributed by atoms with Gasteiger partial charge >= 0.3 is 0 Å². The lowest BCUT2D eigenvalue weighted by molar-refractivity contribution is -0.115. The van der Waals surface area contributed by atoms with E-state index in [9.17, 15) is 9.59 Å². The molecule has 140 valence electrons. The zero-order valence-corrected chi connectivity index (χ0v) is 16.5. The van der Waals surface area contributed by atoms with E-state index in [0.29, 0.717) is 22.3 Å². The van der Waals surface area contributed by atoms with Crippen molar-refractivity contribution in [3.8, 4) is 11.4 Å². The van der Waals surface area contributed by atoms with E-state index in [1.54, 1.807) is 18.4 Å². The van der Waals surface area contributed by atoms with Crippen LogP contribution in [0.1, 0.15) is 24.2 Å². The molecule has 0 aliphatic rings. The fourth-order valence-electron chi connectivity index (χ4n) is 2.49. The molecule has 3 aromatic rings. The minimum absolute atomic E-state index is 0.225. The fourth-order valence-corrected chi connectivity index (χ4v) is 4.20. The summed E-state index contributed by atoms with van der Waals surface area (Å²) in [6, 6.07) is 11.4. The number of nitrogens with zero attached hydrogens (tertiary/aromatic N) is 3. The van der Waals surface area contributed by atoms with Gasteiger partial charge < -0.3 is 15.6 Å². The maximum absolute atomic E-state index is 12.5. The molecule has 7 nitrogen and oxygen atoms in total. The number of carbonyl (C=O) groups is 2. The molecule has 3 N–H and O–H groups in total. The van der Waals surface area contributed by atoms with Crippen molar-refractivity contribution in [1.82, 2.24) is 14.8 Å². The minimum atomic E-state index is -0.565. The largest absolute Gasteiger partial charge is 0.366 e. The standard InChI is InChI=1S/C18H19N5O2S2/c1-3-23-15(12-7-5-4-6-8-12)21-22-18(23)27-11(2)16(25)20-17-13(14(19)24)9-10-26-17/h4-11H,3H2,1-2H3,(H2,19,24)(H,20,25)/t11-/m1/s1. The lowest BCUT2D eigenvalue weighted by Gasteiger charge is -2.12. The predicted molar refractivity (Wildman–Crippen MR) is 108 cm³/mol. The molecule has 3 rings (SSSR count). The second kappa shape index (κ2) is 8.36. The second-order valence-electron chi connectivity index (χ2n) is 5.69. The van der Waals surface area contributed by atoms with Crippen molar-refractivity contribution in [2.75, 3.05) is 5.32 Å². The van der Waals surface area contributed by atoms with Gasteiger partial charge in [-0.25, -0.2) is 0 Å². The molecular weight excluding hydrogens is 382 g/mol. The molecule has 0 fully saturated rings. The molecule has 0 saturated carbocycles. The van der Waals surface area contributed by atoms with E-state index in [0.717, 1.165) is 11.4 Å². The van der Waals surface area contributed by atoms with Crippen molar-refractivity contribution in [3.63, 3.8) is 0 Å². The molecule has 0 spiro atoms. The van der Waals surface area contributed by atoms with E-state index in [1.165, 1.54) is 23.1 Å². The molecule has 27 heavy (non-hydrogen) atoms. The van der Waals surface area contributed by atoms with Gasteiger partial charge in [0.15, 0.2) is 11.0 Å². The summed E-state index contributed by atoms with van der Waals surface area (Å²) in [4.78, 5) is 23.9. The Morgan fingerprint density at radius 2 is 2.00 bits per heavy atom. The summed E-state index contributed by atoms with van der Waals surface area (Å²) in [5.74, 6) is -0.0237. The van der Waals surface area contributed by atoms with Crippen molar-refractivity contribution in [3.05, 3.63) is 47.3 Å². The van der Waals surface area contributed by atoms with Crippen LogP contribution in [-0.4, -0.2) is 31.8 Å². The van der Waals surface area contributed by atoms with Crippen LogP contribution in [0.3, 0.4) is 0 Å². The predicted octanol–water partition coefficient (Wildman–Crippen LogP) is 3.24. The number of hydrogen-bond donors (Lipinski definition) is 2. The summed E-state index contributed by atoms with van der Waals surface area (Å²) >= 11 is 2.58. The molecular formula is C18H19N5O2S2. The minimum Gasteiger partial charge on any atom is -0.366 e. The van der Waals surface area contributed by atoms with Gasteiger partial charge in [0.25, 0.3) is 5.91 Å². The Labute approximate surface area is 165 Å². The van der Waals surface area contributed by atoms with E-state index < -0.39 is 11.2 Å². The summed E-state index contributed by atoms with van der Waals surface area (Å²) < 4.78 is 1.98. The van der Waals surface area contributed by atoms with Gasteiger partial charge in [0.1, 0.15) is 5.00 Å². The molecule has 0 aliphatic carbocycles. The average molecular weight is 402 g/mol. The number of thiophene rings is 1. The van der Waals surface area contributed by atoms with Gasteiger partial charge in [-0.1, -0.05) is 42.1 Å². The number of benzene rings is 1. The van der Waals surface area contributed by atoms with Crippen LogP contribution in [0.25, 0.3) is 11.4 Å². The highest BCUT2D eigenvalue weighted by Crippen LogP contribution is 2.28. The number of primary amides is 1. The number of carbonyl (C=O) groups excluding carboxylic acids is 2. The van der Waals surface area contributed by atoms with Crippen molar-refractivity contribution in [1.29, 1.82) is 0 Å². The Balaban J connectivity index is 1.75. The van der Waals surface area contributed by atoms with Crippen LogP contribution in [-0.2, 0) is 11.3 Å². The Morgan fingerprint density at radius 1 is 1.26 bits per heavy atom. The number of nitrogens with one attached hydrogen (secondary N) is 1. The third kappa shape index (κ3) is 4.20. The van der Waals surface area contributed by atoms with E-state index >= 15 is 0 Å². The Morgan fingerprint density at radius 3 is 2.67 bits per heavy atom. The van der Waals surface area contributed by atoms with Crippen LogP contribution < -0.4 is 11.1 Å². The van der Waals surface area contributed by atoms with Crippen LogP contribution >= 0.6 is 23.1 Å². The van der Waals surface area contributed by atoms with Crippen molar-refractivity contribution in [2.45, 2.75) is 30.8 Å². The van der Waals surface area contributed by atoms with E-state index in [1.807, 2.05) is 41.8 Å². The van der Waals surface area contributed by atoms with Crippen molar-refractivity contribution in [2.24, 2.45) is 5.73 Å². The van der Waals surface area contributed by atoms with Gasteiger partial charge in [0, 0.05) is 12.1 Å². The van der Waals surface area contributed by atoms with Crippen LogP contribution in [0, 0.1) is 0 Å². The highest BCUT2D eigenvalue weighted by atomic mass is 32.2. The molecule has 9 heteroatoms. The van der Waals surface area contributed by atoms with Gasteiger partial charge in [0.2, 0.25) is 5.91 Å². The molecule has 2 amide bonds. The molecule has 2 heterocycles. The van der Waals surface area contributed by atoms with Gasteiger partial charge in [-0.15, -0.1) is 21.5 Å². The average Bonchev–Trinajstić information content (AvgIpc) is 3.29. The van der Waals surface area contributed by atoms with Gasteiger partial charge in [-0.3, -0.25) is 9.59 Å². The quantitative estimate of drug-likeness (QED) is 0.592. The maximum atomic E-state index is 12.5. The number of aromatic nitrogens is 3. The van der Waals surface area contributed by atoms with E-state index in [2.05, 4.69) is 15.5 Å². The smallest absolute Gasteiger partial charge is 0.251 e. The molecule has 0 aliphatic heterocycles. The number of nitrogens with two attached hydrogens (primary N) is 1. The van der Waals surface area contributed by atoms with Crippen LogP contribution in [0.15, 0.2) is 46.9 Å². The van der Waals surface area contributed by atoms with E-state index in [4.69, 9.17) is 5.73 Å². The SMILES string of the molecule is CCn1c(S[C@H](C)C(=O)Nc2sccc2C(N)=O)nnc1-c1ccccc1. The van der Waals surface area contributed by atoms with Crippen LogP contribution in [0.2, 0.25) is 0 Å². The topological polar surface area (TPSA) is 103 Å². The molecule has 2 aromatic heterocycles. The first-order valence-corrected chi connectivity index (χ1v) is 10.1. The first-order valence-electron chi connectivity index (χ1n) is 8.34. The summed E-state index contributed by atoms with van der Waals surface area (Å²) in [5, 5.41) is 13.7. The number of anilines is 1. The highest BCUT2D eigenvalue weighted by molar-refractivity contribution is 8.00. The molecule has 0 radical (unpaired) electrons. The number of hydrogen-bond acceptors (Lipinski definition) is 6. The summed E-state index contributed by atoms with van der Waals surface area (Å²) in [6.45, 7) is 4.48. The monoisotopic (exact) mass is 401 g/mol. The third-order valence-corrected chi connectivity index (χ3v) is 5.79. The molecule has 1 aromatic carbocycles. The van der Waals surface area contributed by atoms with Crippen molar-refractivity contribution < 1.29 is 9.59 Å². The number of thioether (sulfide) groups is 1. The van der Waals surface area contributed by atoms with Gasteiger partial charge in [-0.05, 0) is 25.3 Å². The maximum Gasteiger partial charge on any atom is 0.251 e. The zero-order valence-electron chi connectivity index (χ0n) is 14.9. The fraction of sp³-hybridized carbons (Fsp3) is 0.222. The summed E-state index contributed by atoms with van der Waals surface area (Å²) in [7, 11) is 0. The molecule has 0 unspecified atom stereocenters. The van der Waals surface area contributed by atoms with Crippen LogP contribution in [0.4, 0.5) is 5.00 Å². The number of amides is 2. The highest BCUT2D eigenvalue weighted by Gasteiger charge is 2.22. The second-order valence-corrected chi connectivity index (χ2v) is 7.92.